The smallest absolute Gasteiger partial charge is 0.292 e. The zero-order chi connectivity index (χ0) is 20.7. The van der Waals surface area contributed by atoms with Gasteiger partial charge in [0, 0.05) is 30.9 Å². The first kappa shape index (κ1) is 19.5. The number of aromatic nitrogens is 1. The Labute approximate surface area is 166 Å². The lowest BCUT2D eigenvalue weighted by Crippen LogP contribution is -2.46. The van der Waals surface area contributed by atoms with Crippen molar-refractivity contribution in [2.75, 3.05) is 19.0 Å². The lowest BCUT2D eigenvalue weighted by molar-refractivity contribution is -0.765. The Balaban J connectivity index is 1.52. The van der Waals surface area contributed by atoms with E-state index in [1.54, 1.807) is 42.4 Å². The van der Waals surface area contributed by atoms with Gasteiger partial charge in [-0.2, -0.15) is 4.57 Å². The van der Waals surface area contributed by atoms with E-state index in [1.807, 2.05) is 6.07 Å². The van der Waals surface area contributed by atoms with Crippen LogP contribution >= 0.6 is 0 Å². The number of hydrogen-bond acceptors (Lipinski definition) is 6. The minimum absolute atomic E-state index is 0.0852. The average molecular weight is 400 g/mol. The highest BCUT2D eigenvalue weighted by molar-refractivity contribution is 6.05. The standard InChI is InChI=1S/C20H21N3O6/c1-22-8-11-4-5-13(7-14(11)19(22)28)21-18(27)12-3-2-6-23(9-12)20-17(26)16(25)15(10-24)29-20/h2-7,9,15-17,20,24-26H,8,10H2,1H3/p+1/t15-,16-,17-,20-/m1/s1. The third-order valence-electron chi connectivity index (χ3n) is 5.25. The van der Waals surface area contributed by atoms with Gasteiger partial charge in [0.2, 0.25) is 0 Å². The topological polar surface area (TPSA) is 123 Å². The van der Waals surface area contributed by atoms with E-state index in [9.17, 15) is 24.9 Å². The maximum Gasteiger partial charge on any atom is 0.292 e. The van der Waals surface area contributed by atoms with Crippen molar-refractivity contribution < 1.29 is 34.2 Å². The van der Waals surface area contributed by atoms with Gasteiger partial charge in [-0.25, -0.2) is 0 Å². The highest BCUT2D eigenvalue weighted by Gasteiger charge is 2.48. The van der Waals surface area contributed by atoms with Crippen LogP contribution in [0.1, 0.15) is 32.5 Å². The summed E-state index contributed by atoms with van der Waals surface area (Å²) in [7, 11) is 1.72. The number of anilines is 1. The molecular formula is C20H22N3O6+. The molecule has 152 valence electrons. The zero-order valence-electron chi connectivity index (χ0n) is 15.7. The van der Waals surface area contributed by atoms with Crippen molar-refractivity contribution in [2.24, 2.45) is 0 Å². The van der Waals surface area contributed by atoms with Gasteiger partial charge in [-0.15, -0.1) is 0 Å². The van der Waals surface area contributed by atoms with E-state index in [2.05, 4.69) is 5.32 Å². The summed E-state index contributed by atoms with van der Waals surface area (Å²) in [4.78, 5) is 26.4. The van der Waals surface area contributed by atoms with E-state index in [1.165, 1.54) is 10.8 Å². The second kappa shape index (κ2) is 7.53. The van der Waals surface area contributed by atoms with Crippen molar-refractivity contribution in [3.8, 4) is 0 Å². The molecule has 2 aliphatic heterocycles. The molecule has 2 aliphatic rings. The van der Waals surface area contributed by atoms with Crippen LogP contribution in [0.15, 0.2) is 42.7 Å². The summed E-state index contributed by atoms with van der Waals surface area (Å²) in [6.07, 6.45) is -1.21. The molecule has 0 radical (unpaired) electrons. The van der Waals surface area contributed by atoms with Gasteiger partial charge in [0.25, 0.3) is 18.0 Å². The zero-order valence-corrected chi connectivity index (χ0v) is 15.7. The Hall–Kier alpha value is -2.85. The van der Waals surface area contributed by atoms with Crippen molar-refractivity contribution in [2.45, 2.75) is 31.1 Å². The minimum Gasteiger partial charge on any atom is -0.394 e. The lowest BCUT2D eigenvalue weighted by Gasteiger charge is -2.11. The third-order valence-corrected chi connectivity index (χ3v) is 5.25. The fraction of sp³-hybridized carbons (Fsp3) is 0.350. The van der Waals surface area contributed by atoms with Crippen LogP contribution in [0.2, 0.25) is 0 Å². The molecule has 0 aliphatic carbocycles. The molecule has 9 heteroatoms. The number of carbonyl (C=O) groups is 2. The van der Waals surface area contributed by atoms with Crippen molar-refractivity contribution >= 4 is 17.5 Å². The van der Waals surface area contributed by atoms with Crippen molar-refractivity contribution in [3.63, 3.8) is 0 Å². The van der Waals surface area contributed by atoms with Gasteiger partial charge in [0.15, 0.2) is 18.5 Å². The SMILES string of the molecule is CN1Cc2ccc(NC(=O)c3ccc[n+]([C@@H]4O[C@H](CO)[C@@H](O)[C@H]4O)c3)cc2C1=O. The predicted molar refractivity (Wildman–Crippen MR) is 99.8 cm³/mol. The highest BCUT2D eigenvalue weighted by Crippen LogP contribution is 2.26. The molecule has 1 aromatic heterocycles. The molecule has 29 heavy (non-hydrogen) atoms. The number of nitrogens with zero attached hydrogens (tertiary/aromatic N) is 2. The molecule has 4 N–H and O–H groups in total. The second-order valence-corrected chi connectivity index (χ2v) is 7.26. The van der Waals surface area contributed by atoms with Gasteiger partial charge < -0.3 is 30.3 Å². The maximum atomic E-state index is 12.7. The fourth-order valence-corrected chi connectivity index (χ4v) is 3.64. The largest absolute Gasteiger partial charge is 0.394 e. The first-order chi connectivity index (χ1) is 13.9. The van der Waals surface area contributed by atoms with Crippen molar-refractivity contribution in [3.05, 3.63) is 59.4 Å². The van der Waals surface area contributed by atoms with Gasteiger partial charge in [-0.05, 0) is 23.8 Å². The molecule has 2 amide bonds. The monoisotopic (exact) mass is 400 g/mol. The fourth-order valence-electron chi connectivity index (χ4n) is 3.64. The number of fused-ring (bicyclic) bond motifs is 1. The number of hydrogen-bond donors (Lipinski definition) is 4. The summed E-state index contributed by atoms with van der Waals surface area (Å²) in [5, 5.41) is 32.1. The van der Waals surface area contributed by atoms with Gasteiger partial charge in [0.05, 0.1) is 6.61 Å². The average Bonchev–Trinajstić information content (AvgIpc) is 3.18. The molecule has 0 unspecified atom stereocenters. The van der Waals surface area contributed by atoms with E-state index in [4.69, 9.17) is 4.74 Å². The van der Waals surface area contributed by atoms with Gasteiger partial charge in [-0.1, -0.05) is 6.07 Å². The lowest BCUT2D eigenvalue weighted by atomic mass is 10.1. The van der Waals surface area contributed by atoms with Crippen LogP contribution in [-0.4, -0.2) is 64.0 Å². The van der Waals surface area contributed by atoms with E-state index >= 15 is 0 Å². The Morgan fingerprint density at radius 2 is 2.10 bits per heavy atom. The van der Waals surface area contributed by atoms with Crippen LogP contribution in [0, 0.1) is 0 Å². The summed E-state index contributed by atoms with van der Waals surface area (Å²) >= 11 is 0. The second-order valence-electron chi connectivity index (χ2n) is 7.26. The van der Waals surface area contributed by atoms with Gasteiger partial charge in [-0.3, -0.25) is 9.59 Å². The number of rotatable bonds is 4. The Morgan fingerprint density at radius 1 is 1.31 bits per heavy atom. The summed E-state index contributed by atoms with van der Waals surface area (Å²) in [6.45, 7) is 0.118. The number of ether oxygens (including phenoxy) is 1. The Kier molecular flexibility index (Phi) is 5.05. The minimum atomic E-state index is -1.24. The molecule has 4 atom stereocenters. The first-order valence-corrected chi connectivity index (χ1v) is 9.22. The number of carbonyl (C=O) groups excluding carboxylic acids is 2. The molecule has 4 rings (SSSR count). The predicted octanol–water partition coefficient (Wildman–Crippen LogP) is -0.577. The summed E-state index contributed by atoms with van der Waals surface area (Å²) in [6, 6.07) is 8.43. The van der Waals surface area contributed by atoms with Crippen molar-refractivity contribution in [1.29, 1.82) is 0 Å². The van der Waals surface area contributed by atoms with E-state index < -0.39 is 37.1 Å². The molecule has 1 aromatic carbocycles. The Morgan fingerprint density at radius 3 is 2.83 bits per heavy atom. The Bertz CT molecular complexity index is 965. The van der Waals surface area contributed by atoms with Crippen LogP contribution in [0.4, 0.5) is 5.69 Å². The quantitative estimate of drug-likeness (QED) is 0.510. The highest BCUT2D eigenvalue weighted by atomic mass is 16.6. The molecule has 2 aromatic rings. The van der Waals surface area contributed by atoms with E-state index in [0.717, 1.165) is 5.56 Å². The first-order valence-electron chi connectivity index (χ1n) is 9.22. The van der Waals surface area contributed by atoms with Crippen LogP contribution in [0.5, 0.6) is 0 Å². The van der Waals surface area contributed by atoms with E-state index in [-0.39, 0.29) is 5.91 Å². The third kappa shape index (κ3) is 3.49. The number of aliphatic hydroxyl groups is 3. The van der Waals surface area contributed by atoms with Crippen LogP contribution in [-0.2, 0) is 11.3 Å². The summed E-state index contributed by atoms with van der Waals surface area (Å²) < 4.78 is 6.96. The van der Waals surface area contributed by atoms with Crippen LogP contribution in [0.25, 0.3) is 0 Å². The van der Waals surface area contributed by atoms with Gasteiger partial charge >= 0.3 is 0 Å². The van der Waals surface area contributed by atoms with Gasteiger partial charge in [0.1, 0.15) is 17.8 Å². The molecule has 1 saturated heterocycles. The molecule has 3 heterocycles. The molecule has 0 saturated carbocycles. The number of nitrogens with one attached hydrogen (secondary N) is 1. The summed E-state index contributed by atoms with van der Waals surface area (Å²) in [5.74, 6) is -0.483. The van der Waals surface area contributed by atoms with Crippen molar-refractivity contribution in [1.82, 2.24) is 4.90 Å². The normalized spacial score (nSPS) is 25.9. The molecule has 0 spiro atoms. The molecular weight excluding hydrogens is 378 g/mol. The van der Waals surface area contributed by atoms with Crippen LogP contribution < -0.4 is 9.88 Å². The molecule has 1 fully saturated rings. The number of aliphatic hydroxyl groups excluding tert-OH is 3. The molecule has 9 nitrogen and oxygen atoms in total. The molecule has 0 bridgehead atoms. The summed E-state index contributed by atoms with van der Waals surface area (Å²) in [5.41, 5.74) is 2.28. The van der Waals surface area contributed by atoms with E-state index in [0.29, 0.717) is 23.4 Å². The number of benzene rings is 1. The maximum absolute atomic E-state index is 12.7. The van der Waals surface area contributed by atoms with Crippen LogP contribution in [0.3, 0.4) is 0 Å². The number of pyridine rings is 1. The number of amides is 2.